The molecule has 1 aliphatic rings. The monoisotopic (exact) mass is 386 g/mol. The zero-order valence-electron chi connectivity index (χ0n) is 16.0. The van der Waals surface area contributed by atoms with Gasteiger partial charge in [0, 0.05) is 43.0 Å². The molecule has 29 heavy (non-hydrogen) atoms. The Labute approximate surface area is 168 Å². The van der Waals surface area contributed by atoms with Crippen LogP contribution in [0.25, 0.3) is 10.9 Å². The minimum Gasteiger partial charge on any atom is -0.337 e. The fraction of sp³-hybridized carbons (Fsp3) is 0.273. The highest BCUT2D eigenvalue weighted by Crippen LogP contribution is 2.28. The van der Waals surface area contributed by atoms with E-state index in [-0.39, 0.29) is 11.8 Å². The van der Waals surface area contributed by atoms with Crippen LogP contribution in [0.15, 0.2) is 61.1 Å². The van der Waals surface area contributed by atoms with Crippen molar-refractivity contribution >= 4 is 16.8 Å². The first-order valence-electron chi connectivity index (χ1n) is 9.93. The summed E-state index contributed by atoms with van der Waals surface area (Å²) in [6.45, 7) is 2.08. The molecule has 1 N–H and O–H groups in total. The lowest BCUT2D eigenvalue weighted by Crippen LogP contribution is -2.40. The zero-order valence-corrected chi connectivity index (χ0v) is 16.0. The Morgan fingerprint density at radius 3 is 2.90 bits per heavy atom. The lowest BCUT2D eigenvalue weighted by Gasteiger charge is -2.32. The Kier molecular flexibility index (Phi) is 4.56. The van der Waals surface area contributed by atoms with Gasteiger partial charge in [0.1, 0.15) is 5.82 Å². The summed E-state index contributed by atoms with van der Waals surface area (Å²) in [7, 11) is 0. The van der Waals surface area contributed by atoms with Crippen molar-refractivity contribution in [2.45, 2.75) is 25.3 Å². The van der Waals surface area contributed by atoms with Gasteiger partial charge in [0.2, 0.25) is 0 Å². The number of likely N-dealkylation sites (tertiary alicyclic amines) is 1. The molecule has 0 bridgehead atoms. The van der Waals surface area contributed by atoms with Gasteiger partial charge in [0.15, 0.2) is 5.69 Å². The summed E-state index contributed by atoms with van der Waals surface area (Å²) >= 11 is 0. The maximum atomic E-state index is 13.2. The van der Waals surface area contributed by atoms with Gasteiger partial charge < -0.3 is 9.47 Å². The molecule has 0 saturated carbocycles. The largest absolute Gasteiger partial charge is 0.337 e. The summed E-state index contributed by atoms with van der Waals surface area (Å²) < 4.78 is 2.14. The highest BCUT2D eigenvalue weighted by molar-refractivity contribution is 6.04. The molecule has 146 valence electrons. The third kappa shape index (κ3) is 3.40. The van der Waals surface area contributed by atoms with Gasteiger partial charge in [-0.3, -0.25) is 14.9 Å². The molecule has 4 heterocycles. The molecule has 0 radical (unpaired) electrons. The first-order valence-corrected chi connectivity index (χ1v) is 9.93. The van der Waals surface area contributed by atoms with Crippen molar-refractivity contribution < 1.29 is 4.79 Å². The van der Waals surface area contributed by atoms with E-state index in [1.165, 1.54) is 0 Å². The number of piperidine rings is 1. The van der Waals surface area contributed by atoms with E-state index in [1.54, 1.807) is 6.20 Å². The number of pyridine rings is 1. The highest BCUT2D eigenvalue weighted by Gasteiger charge is 2.29. The number of benzene rings is 1. The Balaban J connectivity index is 1.36. The minimum atomic E-state index is -0.0185. The van der Waals surface area contributed by atoms with E-state index in [9.17, 15) is 4.79 Å². The van der Waals surface area contributed by atoms with Crippen LogP contribution in [0.4, 0.5) is 0 Å². The van der Waals surface area contributed by atoms with E-state index in [1.807, 2.05) is 59.8 Å². The van der Waals surface area contributed by atoms with E-state index in [2.05, 4.69) is 24.7 Å². The number of hydrogen-bond acceptors (Lipinski definition) is 4. The van der Waals surface area contributed by atoms with Gasteiger partial charge in [-0.15, -0.1) is 0 Å². The number of aromatic amines is 1. The molecule has 0 unspecified atom stereocenters. The molecular weight excluding hydrogens is 364 g/mol. The topological polar surface area (TPSA) is 79.7 Å². The number of para-hydroxylation sites is 1. The van der Waals surface area contributed by atoms with Crippen LogP contribution in [-0.2, 0) is 6.54 Å². The number of fused-ring (bicyclic) bond motifs is 1. The number of aromatic nitrogens is 5. The standard InChI is InChI=1S/C22H22N6O/c29-22(20-18-8-1-2-9-19(18)25-26-20)28-12-5-6-16(14-28)21-24-11-13-27(21)15-17-7-3-4-10-23-17/h1-4,7-11,13,16H,5-6,12,14-15H2,(H,25,26)/t16-/m0/s1. The van der Waals surface area contributed by atoms with Crippen LogP contribution in [0.1, 0.15) is 40.8 Å². The van der Waals surface area contributed by atoms with Gasteiger partial charge in [0.05, 0.1) is 17.8 Å². The van der Waals surface area contributed by atoms with Gasteiger partial charge in [-0.2, -0.15) is 5.10 Å². The second-order valence-corrected chi connectivity index (χ2v) is 7.44. The van der Waals surface area contributed by atoms with Gasteiger partial charge in [0.25, 0.3) is 5.91 Å². The SMILES string of the molecule is O=C(c1n[nH]c2ccccc12)N1CCC[C@H](c2nccn2Cc2ccccn2)C1. The van der Waals surface area contributed by atoms with Crippen LogP contribution in [0.5, 0.6) is 0 Å². The molecule has 1 saturated heterocycles. The van der Waals surface area contributed by atoms with Gasteiger partial charge in [-0.05, 0) is 31.0 Å². The van der Waals surface area contributed by atoms with Crippen LogP contribution in [0.2, 0.25) is 0 Å². The summed E-state index contributed by atoms with van der Waals surface area (Å²) in [5.74, 6) is 1.20. The van der Waals surface area contributed by atoms with Crippen molar-refractivity contribution in [3.05, 3.63) is 78.3 Å². The predicted molar refractivity (Wildman–Crippen MR) is 110 cm³/mol. The van der Waals surface area contributed by atoms with Crippen molar-refractivity contribution in [2.24, 2.45) is 0 Å². The molecule has 0 aliphatic carbocycles. The number of H-pyrrole nitrogens is 1. The number of amides is 1. The van der Waals surface area contributed by atoms with E-state index in [0.29, 0.717) is 18.8 Å². The van der Waals surface area contributed by atoms with Crippen LogP contribution in [-0.4, -0.2) is 48.6 Å². The van der Waals surface area contributed by atoms with E-state index in [0.717, 1.165) is 41.8 Å². The number of carbonyl (C=O) groups is 1. The molecule has 7 heteroatoms. The smallest absolute Gasteiger partial charge is 0.275 e. The fourth-order valence-corrected chi connectivity index (χ4v) is 4.13. The summed E-state index contributed by atoms with van der Waals surface area (Å²) in [5, 5.41) is 8.12. The fourth-order valence-electron chi connectivity index (χ4n) is 4.13. The normalized spacial score (nSPS) is 17.0. The maximum Gasteiger partial charge on any atom is 0.275 e. The number of carbonyl (C=O) groups excluding carboxylic acids is 1. The molecule has 1 fully saturated rings. The molecule has 4 aromatic rings. The number of nitrogens with one attached hydrogen (secondary N) is 1. The lowest BCUT2D eigenvalue weighted by molar-refractivity contribution is 0.0699. The summed E-state index contributed by atoms with van der Waals surface area (Å²) in [6.07, 6.45) is 7.60. The quantitative estimate of drug-likeness (QED) is 0.584. The Morgan fingerprint density at radius 1 is 1.10 bits per heavy atom. The van der Waals surface area contributed by atoms with Crippen molar-refractivity contribution in [3.8, 4) is 0 Å². The average molecular weight is 386 g/mol. The molecule has 1 aromatic carbocycles. The molecule has 1 amide bonds. The molecule has 1 aliphatic heterocycles. The summed E-state index contributed by atoms with van der Waals surface area (Å²) in [6, 6.07) is 13.7. The van der Waals surface area contributed by atoms with Crippen molar-refractivity contribution in [3.63, 3.8) is 0 Å². The van der Waals surface area contributed by atoms with E-state index in [4.69, 9.17) is 0 Å². The summed E-state index contributed by atoms with van der Waals surface area (Å²) in [5.41, 5.74) is 2.38. The second kappa shape index (κ2) is 7.50. The van der Waals surface area contributed by atoms with Crippen LogP contribution >= 0.6 is 0 Å². The Hall–Kier alpha value is -3.48. The molecule has 7 nitrogen and oxygen atoms in total. The van der Waals surface area contributed by atoms with E-state index >= 15 is 0 Å². The molecule has 1 atom stereocenters. The third-order valence-corrected chi connectivity index (χ3v) is 5.55. The Bertz CT molecular complexity index is 1130. The van der Waals surface area contributed by atoms with Crippen LogP contribution in [0, 0.1) is 0 Å². The van der Waals surface area contributed by atoms with Crippen LogP contribution < -0.4 is 0 Å². The number of hydrogen-bond donors (Lipinski definition) is 1. The van der Waals surface area contributed by atoms with Gasteiger partial charge >= 0.3 is 0 Å². The summed E-state index contributed by atoms with van der Waals surface area (Å²) in [4.78, 5) is 24.1. The Morgan fingerprint density at radius 2 is 2.00 bits per heavy atom. The average Bonchev–Trinajstić information content (AvgIpc) is 3.41. The highest BCUT2D eigenvalue weighted by atomic mass is 16.2. The number of nitrogens with zero attached hydrogens (tertiary/aromatic N) is 5. The minimum absolute atomic E-state index is 0.0185. The predicted octanol–water partition coefficient (Wildman–Crippen LogP) is 3.22. The van der Waals surface area contributed by atoms with Crippen molar-refractivity contribution in [2.75, 3.05) is 13.1 Å². The van der Waals surface area contributed by atoms with Crippen molar-refractivity contribution in [1.82, 2.24) is 29.6 Å². The number of rotatable bonds is 4. The third-order valence-electron chi connectivity index (χ3n) is 5.55. The molecule has 3 aromatic heterocycles. The first-order chi connectivity index (χ1) is 14.3. The molecular formula is C22H22N6O. The lowest BCUT2D eigenvalue weighted by atomic mass is 9.96. The van der Waals surface area contributed by atoms with Crippen LogP contribution in [0.3, 0.4) is 0 Å². The van der Waals surface area contributed by atoms with Crippen molar-refractivity contribution in [1.29, 1.82) is 0 Å². The van der Waals surface area contributed by atoms with Gasteiger partial charge in [-0.25, -0.2) is 4.98 Å². The first kappa shape index (κ1) is 17.6. The zero-order chi connectivity index (χ0) is 19.6. The van der Waals surface area contributed by atoms with E-state index < -0.39 is 0 Å². The molecule has 5 rings (SSSR count). The molecule has 0 spiro atoms. The van der Waals surface area contributed by atoms with Gasteiger partial charge in [-0.1, -0.05) is 24.3 Å². The maximum absolute atomic E-state index is 13.2. The number of imidazole rings is 1. The second-order valence-electron chi connectivity index (χ2n) is 7.44.